The van der Waals surface area contributed by atoms with Crippen LogP contribution in [-0.4, -0.2) is 68.3 Å². The van der Waals surface area contributed by atoms with Crippen LogP contribution in [0.3, 0.4) is 0 Å². The Bertz CT molecular complexity index is 886. The maximum Gasteiger partial charge on any atom is 0.409 e. The molecule has 6 rings (SSSR count). The van der Waals surface area contributed by atoms with Gasteiger partial charge in [-0.15, -0.1) is 0 Å². The number of amides is 2. The van der Waals surface area contributed by atoms with Crippen LogP contribution in [0.5, 0.6) is 0 Å². The van der Waals surface area contributed by atoms with E-state index in [0.29, 0.717) is 54.9 Å². The van der Waals surface area contributed by atoms with Crippen molar-refractivity contribution in [2.75, 3.05) is 40.4 Å². The number of fused-ring (bicyclic) bond motifs is 4. The molecule has 1 saturated heterocycles. The average molecular weight is 487 g/mol. The minimum absolute atomic E-state index is 0.0502. The van der Waals surface area contributed by atoms with E-state index >= 15 is 0 Å². The van der Waals surface area contributed by atoms with E-state index in [0.717, 1.165) is 23.7 Å². The summed E-state index contributed by atoms with van der Waals surface area (Å²) in [5.74, 6) is 4.04. The van der Waals surface area contributed by atoms with Gasteiger partial charge in [0.25, 0.3) is 0 Å². The Hall–Kier alpha value is -1.30. The lowest BCUT2D eigenvalue weighted by molar-refractivity contribution is -0.163. The van der Waals surface area contributed by atoms with Crippen molar-refractivity contribution in [3.8, 4) is 0 Å². The lowest BCUT2D eigenvalue weighted by Crippen LogP contribution is -2.57. The molecule has 0 aromatic heterocycles. The molecule has 0 unspecified atom stereocenters. The van der Waals surface area contributed by atoms with Gasteiger partial charge in [-0.05, 0) is 91.8 Å². The lowest BCUT2D eigenvalue weighted by Gasteiger charge is -2.61. The molecule has 1 spiro atoms. The summed E-state index contributed by atoms with van der Waals surface area (Å²) in [6, 6.07) is 0. The van der Waals surface area contributed by atoms with Gasteiger partial charge in [0.1, 0.15) is 0 Å². The molecule has 6 nitrogen and oxygen atoms in total. The summed E-state index contributed by atoms with van der Waals surface area (Å²) < 4.78 is 11.1. The van der Waals surface area contributed by atoms with Crippen LogP contribution in [0, 0.1) is 51.8 Å². The number of ether oxygens (including phenoxy) is 2. The molecule has 1 heterocycles. The van der Waals surface area contributed by atoms with Gasteiger partial charge in [-0.1, -0.05) is 20.8 Å². The zero-order valence-corrected chi connectivity index (χ0v) is 22.6. The first kappa shape index (κ1) is 24.1. The van der Waals surface area contributed by atoms with Gasteiger partial charge in [0.05, 0.1) is 13.2 Å². The number of piperazine rings is 1. The van der Waals surface area contributed by atoms with Crippen molar-refractivity contribution < 1.29 is 19.1 Å². The second-order valence-corrected chi connectivity index (χ2v) is 13.5. The van der Waals surface area contributed by atoms with Crippen molar-refractivity contribution in [2.24, 2.45) is 51.8 Å². The number of hydrogen-bond donors (Lipinski definition) is 0. The quantitative estimate of drug-likeness (QED) is 0.574. The van der Waals surface area contributed by atoms with Gasteiger partial charge in [-0.25, -0.2) is 4.79 Å². The fourth-order valence-electron chi connectivity index (χ4n) is 11.1. The first-order valence-corrected chi connectivity index (χ1v) is 14.4. The molecule has 6 fully saturated rings. The topological polar surface area (TPSA) is 59.1 Å². The third-order valence-electron chi connectivity index (χ3n) is 12.9. The predicted octanol–water partition coefficient (Wildman–Crippen LogP) is 4.82. The summed E-state index contributed by atoms with van der Waals surface area (Å²) in [6.07, 6.45) is 10.7. The molecular formula is C29H46N2O4. The highest BCUT2D eigenvalue weighted by Gasteiger charge is 2.77. The average Bonchev–Trinajstić information content (AvgIpc) is 3.38. The molecule has 196 valence electrons. The monoisotopic (exact) mass is 486 g/mol. The molecule has 5 saturated carbocycles. The molecule has 2 amide bonds. The first-order valence-electron chi connectivity index (χ1n) is 14.4. The SMILES string of the molecule is COC(=O)N1CCN(C(=O)[C@@H](C)[C@H]2CC[C@H]3[C@@H]4C[C@@H](OC)[C@]56C[C@H]5CC[C@]6(C)[C@H]4CC[C@]23C)CC1. The maximum atomic E-state index is 13.6. The minimum atomic E-state index is -0.287. The van der Waals surface area contributed by atoms with Gasteiger partial charge in [-0.2, -0.15) is 0 Å². The first-order chi connectivity index (χ1) is 16.7. The normalized spacial score (nSPS) is 48.9. The largest absolute Gasteiger partial charge is 0.453 e. The third kappa shape index (κ3) is 3.10. The Morgan fingerprint density at radius 2 is 1.63 bits per heavy atom. The van der Waals surface area contributed by atoms with Crippen LogP contribution >= 0.6 is 0 Å². The highest BCUT2D eigenvalue weighted by Crippen LogP contribution is 2.82. The summed E-state index contributed by atoms with van der Waals surface area (Å²) in [5, 5.41) is 0. The molecule has 0 N–H and O–H groups in total. The number of carbonyl (C=O) groups excluding carboxylic acids is 2. The van der Waals surface area contributed by atoms with Gasteiger partial charge in [0.15, 0.2) is 0 Å². The van der Waals surface area contributed by atoms with E-state index in [1.54, 1.807) is 4.90 Å². The molecule has 1 aliphatic heterocycles. The smallest absolute Gasteiger partial charge is 0.409 e. The number of rotatable bonds is 3. The lowest BCUT2D eigenvalue weighted by atomic mass is 9.45. The second kappa shape index (κ2) is 8.10. The van der Waals surface area contributed by atoms with Gasteiger partial charge in [0.2, 0.25) is 5.91 Å². The number of nitrogens with zero attached hydrogens (tertiary/aromatic N) is 2. The highest BCUT2D eigenvalue weighted by atomic mass is 16.5. The summed E-state index contributed by atoms with van der Waals surface area (Å²) >= 11 is 0. The molecule has 6 aliphatic rings. The Labute approximate surface area is 211 Å². The summed E-state index contributed by atoms with van der Waals surface area (Å²) in [4.78, 5) is 29.2. The van der Waals surface area contributed by atoms with Gasteiger partial charge in [0, 0.05) is 44.6 Å². The van der Waals surface area contributed by atoms with Crippen LogP contribution < -0.4 is 0 Å². The van der Waals surface area contributed by atoms with Crippen LogP contribution in [-0.2, 0) is 14.3 Å². The molecule has 0 bridgehead atoms. The molecule has 0 radical (unpaired) electrons. The van der Waals surface area contributed by atoms with Crippen LogP contribution in [0.2, 0.25) is 0 Å². The van der Waals surface area contributed by atoms with Gasteiger partial charge >= 0.3 is 6.09 Å². The molecule has 35 heavy (non-hydrogen) atoms. The van der Waals surface area contributed by atoms with Gasteiger partial charge < -0.3 is 19.3 Å². The predicted molar refractivity (Wildman–Crippen MR) is 134 cm³/mol. The van der Waals surface area contributed by atoms with E-state index in [4.69, 9.17) is 9.47 Å². The highest BCUT2D eigenvalue weighted by molar-refractivity contribution is 5.79. The van der Waals surface area contributed by atoms with Crippen LogP contribution in [0.1, 0.15) is 72.1 Å². The molecular weight excluding hydrogens is 440 g/mol. The Kier molecular flexibility index (Phi) is 5.57. The maximum absolute atomic E-state index is 13.6. The number of methoxy groups -OCH3 is 2. The van der Waals surface area contributed by atoms with Crippen molar-refractivity contribution in [2.45, 2.75) is 78.2 Å². The zero-order valence-electron chi connectivity index (χ0n) is 22.6. The Morgan fingerprint density at radius 3 is 2.29 bits per heavy atom. The van der Waals surface area contributed by atoms with Crippen molar-refractivity contribution in [1.82, 2.24) is 9.80 Å². The third-order valence-corrected chi connectivity index (χ3v) is 12.9. The van der Waals surface area contributed by atoms with E-state index in [-0.39, 0.29) is 17.4 Å². The molecule has 10 atom stereocenters. The standard InChI is InChI=1S/C29H46N2O4/c1-18(25(32)30-12-14-31(15-13-30)26(33)35-5)21-6-7-22-20-16-24(34-4)29-17-19(29)8-11-28(29,3)23(20)9-10-27(21,22)2/h18-24H,6-17H2,1-5H3/t18-,19+,20-,21+,22-,23-,24+,27+,28+,29-/m0/s1. The van der Waals surface area contributed by atoms with E-state index in [1.165, 1.54) is 58.5 Å². The van der Waals surface area contributed by atoms with Crippen LogP contribution in [0.25, 0.3) is 0 Å². The van der Waals surface area contributed by atoms with Crippen molar-refractivity contribution in [3.05, 3.63) is 0 Å². The summed E-state index contributed by atoms with van der Waals surface area (Å²) in [7, 11) is 3.39. The molecule has 0 aromatic carbocycles. The Morgan fingerprint density at radius 1 is 0.914 bits per heavy atom. The molecule has 6 heteroatoms. The van der Waals surface area contributed by atoms with Gasteiger partial charge in [-0.3, -0.25) is 4.79 Å². The number of hydrogen-bond acceptors (Lipinski definition) is 4. The fourth-order valence-corrected chi connectivity index (χ4v) is 11.1. The van der Waals surface area contributed by atoms with E-state index in [9.17, 15) is 9.59 Å². The van der Waals surface area contributed by atoms with E-state index in [2.05, 4.69) is 20.8 Å². The fraction of sp³-hybridized carbons (Fsp3) is 0.931. The van der Waals surface area contributed by atoms with Crippen LogP contribution in [0.4, 0.5) is 4.79 Å². The number of carbonyl (C=O) groups is 2. The summed E-state index contributed by atoms with van der Waals surface area (Å²) in [6.45, 7) is 9.74. The molecule has 0 aromatic rings. The Balaban J connectivity index is 1.18. The van der Waals surface area contributed by atoms with E-state index < -0.39 is 0 Å². The van der Waals surface area contributed by atoms with Crippen molar-refractivity contribution in [3.63, 3.8) is 0 Å². The minimum Gasteiger partial charge on any atom is -0.453 e. The molecule has 5 aliphatic carbocycles. The van der Waals surface area contributed by atoms with Crippen molar-refractivity contribution in [1.29, 1.82) is 0 Å². The zero-order chi connectivity index (χ0) is 24.8. The van der Waals surface area contributed by atoms with Crippen molar-refractivity contribution >= 4 is 12.0 Å². The van der Waals surface area contributed by atoms with E-state index in [1.807, 2.05) is 12.0 Å². The van der Waals surface area contributed by atoms with Crippen LogP contribution in [0.15, 0.2) is 0 Å². The summed E-state index contributed by atoms with van der Waals surface area (Å²) in [5.41, 5.74) is 1.19. The second-order valence-electron chi connectivity index (χ2n) is 13.5.